The van der Waals surface area contributed by atoms with Gasteiger partial charge in [-0.25, -0.2) is 18.4 Å². The summed E-state index contributed by atoms with van der Waals surface area (Å²) in [6, 6.07) is 1.03. The van der Waals surface area contributed by atoms with Gasteiger partial charge in [0.05, 0.1) is 13.2 Å². The van der Waals surface area contributed by atoms with Crippen LogP contribution in [0.15, 0.2) is 18.2 Å². The summed E-state index contributed by atoms with van der Waals surface area (Å²) in [6.45, 7) is 2.91. The fourth-order valence-electron chi connectivity index (χ4n) is 1.58. The van der Waals surface area contributed by atoms with Gasteiger partial charge in [-0.15, -0.1) is 0 Å². The number of carbonyl (C=O) groups is 3. The van der Waals surface area contributed by atoms with E-state index in [1.165, 1.54) is 13.8 Å². The minimum absolute atomic E-state index is 0.0430. The highest BCUT2D eigenvalue weighted by Gasteiger charge is 2.33. The first kappa shape index (κ1) is 17.5. The summed E-state index contributed by atoms with van der Waals surface area (Å²) in [6.07, 6.45) is 0. The van der Waals surface area contributed by atoms with E-state index in [4.69, 9.17) is 0 Å². The van der Waals surface area contributed by atoms with Crippen molar-refractivity contribution in [1.29, 1.82) is 0 Å². The lowest BCUT2D eigenvalue weighted by molar-refractivity contribution is -0.157. The van der Waals surface area contributed by atoms with Gasteiger partial charge in [0.2, 0.25) is 6.04 Å². The van der Waals surface area contributed by atoms with Crippen molar-refractivity contribution >= 4 is 17.8 Å². The van der Waals surface area contributed by atoms with Crippen molar-refractivity contribution in [3.05, 3.63) is 35.4 Å². The highest BCUT2D eigenvalue weighted by Crippen LogP contribution is 2.12. The topological polar surface area (TPSA) is 81.7 Å². The van der Waals surface area contributed by atoms with E-state index in [0.717, 1.165) is 18.2 Å². The van der Waals surface area contributed by atoms with Crippen molar-refractivity contribution in [3.63, 3.8) is 0 Å². The molecule has 6 nitrogen and oxygen atoms in total. The van der Waals surface area contributed by atoms with Gasteiger partial charge in [0.25, 0.3) is 5.91 Å². The molecule has 0 aromatic heterocycles. The van der Waals surface area contributed by atoms with Crippen molar-refractivity contribution in [2.45, 2.75) is 19.9 Å². The van der Waals surface area contributed by atoms with Crippen LogP contribution in [-0.4, -0.2) is 37.1 Å². The van der Waals surface area contributed by atoms with Gasteiger partial charge in [-0.05, 0) is 26.0 Å². The van der Waals surface area contributed by atoms with E-state index in [9.17, 15) is 23.2 Å². The molecule has 1 amide bonds. The van der Waals surface area contributed by atoms with E-state index >= 15 is 0 Å². The van der Waals surface area contributed by atoms with Gasteiger partial charge in [-0.1, -0.05) is 6.07 Å². The van der Waals surface area contributed by atoms with E-state index in [1.807, 2.05) is 5.32 Å². The van der Waals surface area contributed by atoms with Crippen molar-refractivity contribution in [2.75, 3.05) is 13.2 Å². The normalized spacial score (nSPS) is 10.2. The van der Waals surface area contributed by atoms with Crippen LogP contribution in [0.25, 0.3) is 0 Å². The molecule has 0 atom stereocenters. The molecule has 1 aromatic carbocycles. The van der Waals surface area contributed by atoms with Gasteiger partial charge in [-0.2, -0.15) is 0 Å². The molecule has 0 aliphatic rings. The number of hydrogen-bond acceptors (Lipinski definition) is 5. The standard InChI is InChI=1S/C14H15F2NO5/c1-3-21-13(19)11(14(20)22-4-2)17-12(18)10-8(15)6-5-7-9(10)16/h5-7,11H,3-4H2,1-2H3,(H,17,18). The summed E-state index contributed by atoms with van der Waals surface area (Å²) in [5, 5.41) is 1.92. The largest absolute Gasteiger partial charge is 0.464 e. The number of esters is 2. The van der Waals surface area contributed by atoms with E-state index < -0.39 is 41.1 Å². The molecule has 0 heterocycles. The Hall–Kier alpha value is -2.51. The quantitative estimate of drug-likeness (QED) is 0.630. The Kier molecular flexibility index (Phi) is 6.43. The Morgan fingerprint density at radius 1 is 1.05 bits per heavy atom. The smallest absolute Gasteiger partial charge is 0.340 e. The van der Waals surface area contributed by atoms with E-state index in [0.29, 0.717) is 0 Å². The molecule has 0 saturated carbocycles. The molecule has 1 N–H and O–H groups in total. The van der Waals surface area contributed by atoms with E-state index in [1.54, 1.807) is 0 Å². The molecule has 0 spiro atoms. The highest BCUT2D eigenvalue weighted by molar-refractivity contribution is 6.05. The van der Waals surface area contributed by atoms with Crippen molar-refractivity contribution in [3.8, 4) is 0 Å². The second-order valence-corrected chi connectivity index (χ2v) is 4.01. The Bertz CT molecular complexity index is 538. The number of amides is 1. The third-order valence-electron chi connectivity index (χ3n) is 2.51. The zero-order chi connectivity index (χ0) is 16.7. The van der Waals surface area contributed by atoms with Crippen LogP contribution in [0.5, 0.6) is 0 Å². The summed E-state index contributed by atoms with van der Waals surface area (Å²) >= 11 is 0. The van der Waals surface area contributed by atoms with Gasteiger partial charge < -0.3 is 14.8 Å². The maximum absolute atomic E-state index is 13.5. The third-order valence-corrected chi connectivity index (χ3v) is 2.51. The number of halogens is 2. The Balaban J connectivity index is 3.00. The van der Waals surface area contributed by atoms with Crippen molar-refractivity contribution in [1.82, 2.24) is 5.32 Å². The average Bonchev–Trinajstić information content (AvgIpc) is 2.45. The summed E-state index contributed by atoms with van der Waals surface area (Å²) in [5.74, 6) is -5.66. The number of hydrogen-bond donors (Lipinski definition) is 1. The lowest BCUT2D eigenvalue weighted by Gasteiger charge is -2.16. The van der Waals surface area contributed by atoms with Crippen molar-refractivity contribution in [2.24, 2.45) is 0 Å². The second-order valence-electron chi connectivity index (χ2n) is 4.01. The summed E-state index contributed by atoms with van der Waals surface area (Å²) in [4.78, 5) is 35.2. The molecule has 8 heteroatoms. The molecule has 0 radical (unpaired) electrons. The fourth-order valence-corrected chi connectivity index (χ4v) is 1.58. The van der Waals surface area contributed by atoms with E-state index in [2.05, 4.69) is 9.47 Å². The highest BCUT2D eigenvalue weighted by atomic mass is 19.1. The molecule has 0 saturated heterocycles. The number of rotatable bonds is 6. The molecule has 0 fully saturated rings. The van der Waals surface area contributed by atoms with E-state index in [-0.39, 0.29) is 13.2 Å². The lowest BCUT2D eigenvalue weighted by atomic mass is 10.1. The van der Waals surface area contributed by atoms with Gasteiger partial charge in [0, 0.05) is 0 Å². The van der Waals surface area contributed by atoms with Crippen LogP contribution in [0.4, 0.5) is 8.78 Å². The summed E-state index contributed by atoms with van der Waals surface area (Å²) < 4.78 is 36.3. The van der Waals surface area contributed by atoms with Crippen LogP contribution in [0, 0.1) is 11.6 Å². The Morgan fingerprint density at radius 3 is 1.91 bits per heavy atom. The molecule has 0 aliphatic heterocycles. The Labute approximate surface area is 125 Å². The maximum atomic E-state index is 13.5. The van der Waals surface area contributed by atoms with Crippen LogP contribution < -0.4 is 5.32 Å². The molecular weight excluding hydrogens is 300 g/mol. The van der Waals surface area contributed by atoms with Crippen LogP contribution in [0.2, 0.25) is 0 Å². The third kappa shape index (κ3) is 4.24. The molecule has 120 valence electrons. The predicted molar refractivity (Wildman–Crippen MR) is 70.9 cm³/mol. The average molecular weight is 315 g/mol. The summed E-state index contributed by atoms with van der Waals surface area (Å²) in [7, 11) is 0. The fraction of sp³-hybridized carbons (Fsp3) is 0.357. The Morgan fingerprint density at radius 2 is 1.50 bits per heavy atom. The zero-order valence-corrected chi connectivity index (χ0v) is 12.0. The molecule has 0 aliphatic carbocycles. The second kappa shape index (κ2) is 8.06. The number of carbonyl (C=O) groups excluding carboxylic acids is 3. The number of ether oxygens (including phenoxy) is 2. The molecule has 1 aromatic rings. The van der Waals surface area contributed by atoms with Crippen LogP contribution in [0.1, 0.15) is 24.2 Å². The maximum Gasteiger partial charge on any atom is 0.340 e. The minimum atomic E-state index is -1.80. The molecular formula is C14H15F2NO5. The first-order valence-electron chi connectivity index (χ1n) is 6.50. The first-order valence-corrected chi connectivity index (χ1v) is 6.50. The SMILES string of the molecule is CCOC(=O)C(NC(=O)c1c(F)cccc1F)C(=O)OCC. The van der Waals surface area contributed by atoms with Gasteiger partial charge in [-0.3, -0.25) is 4.79 Å². The molecule has 0 bridgehead atoms. The van der Waals surface area contributed by atoms with Gasteiger partial charge in [0.1, 0.15) is 17.2 Å². The molecule has 1 rings (SSSR count). The van der Waals surface area contributed by atoms with Gasteiger partial charge in [0.15, 0.2) is 0 Å². The number of nitrogens with one attached hydrogen (secondary N) is 1. The summed E-state index contributed by atoms with van der Waals surface area (Å²) in [5.41, 5.74) is -0.902. The van der Waals surface area contributed by atoms with Crippen LogP contribution >= 0.6 is 0 Å². The minimum Gasteiger partial charge on any atom is -0.464 e. The first-order chi connectivity index (χ1) is 10.4. The monoisotopic (exact) mass is 315 g/mol. The van der Waals surface area contributed by atoms with Crippen molar-refractivity contribution < 1.29 is 32.6 Å². The lowest BCUT2D eigenvalue weighted by Crippen LogP contribution is -2.48. The number of benzene rings is 1. The van der Waals surface area contributed by atoms with Gasteiger partial charge >= 0.3 is 11.9 Å². The predicted octanol–water partition coefficient (Wildman–Crippen LogP) is 1.19. The zero-order valence-electron chi connectivity index (χ0n) is 12.0. The molecule has 22 heavy (non-hydrogen) atoms. The van der Waals surface area contributed by atoms with Crippen LogP contribution in [-0.2, 0) is 19.1 Å². The molecule has 0 unspecified atom stereocenters. The van der Waals surface area contributed by atoms with Crippen LogP contribution in [0.3, 0.4) is 0 Å².